The van der Waals surface area contributed by atoms with E-state index < -0.39 is 0 Å². The van der Waals surface area contributed by atoms with Crippen molar-refractivity contribution in [2.75, 3.05) is 51.3 Å². The fourth-order valence-corrected chi connectivity index (χ4v) is 5.06. The first kappa shape index (κ1) is 30.6. The minimum atomic E-state index is 0.149. The summed E-state index contributed by atoms with van der Waals surface area (Å²) in [7, 11) is 1.62. The highest BCUT2D eigenvalue weighted by atomic mass is 16.5. The molecule has 44 heavy (non-hydrogen) atoms. The Bertz CT molecular complexity index is 1630. The summed E-state index contributed by atoms with van der Waals surface area (Å²) in [5.74, 6) is 1.54. The maximum absolute atomic E-state index is 9.43. The zero-order valence-corrected chi connectivity index (χ0v) is 25.4. The molecule has 12 nitrogen and oxygen atoms in total. The molecule has 0 atom stereocenters. The van der Waals surface area contributed by atoms with Gasteiger partial charge in [0.15, 0.2) is 0 Å². The molecule has 0 saturated carbocycles. The third-order valence-corrected chi connectivity index (χ3v) is 7.35. The van der Waals surface area contributed by atoms with Gasteiger partial charge in [0.2, 0.25) is 5.88 Å². The normalized spacial score (nSPS) is 14.5. The van der Waals surface area contributed by atoms with Gasteiger partial charge in [0.1, 0.15) is 5.82 Å². The van der Waals surface area contributed by atoms with E-state index in [0.29, 0.717) is 36.0 Å². The number of piperazine rings is 1. The topological polar surface area (TPSA) is 143 Å². The van der Waals surface area contributed by atoms with Crippen molar-refractivity contribution in [3.05, 3.63) is 72.1 Å². The van der Waals surface area contributed by atoms with Crippen LogP contribution >= 0.6 is 0 Å². The summed E-state index contributed by atoms with van der Waals surface area (Å²) in [5.41, 5.74) is 11.5. The van der Waals surface area contributed by atoms with Gasteiger partial charge in [-0.1, -0.05) is 6.07 Å². The standard InChI is InChI=1S/C32H38N10O2/c1-23(2)44-15-10-35-18-27(16-34)28-22-42-32(26(8-9-33)20-38-42)31(39-28)25-5-6-29(36-19-25)41-13-11-40(12-14-41)21-24-4-7-30(43-3)37-17-24/h4-7,16-20,22-23H,8,10-15,21,34H2,1-3H3. The molecule has 5 rings (SSSR count). The predicted octanol–water partition coefficient (Wildman–Crippen LogP) is 3.38. The molecule has 1 fully saturated rings. The molecule has 0 unspecified atom stereocenters. The van der Waals surface area contributed by atoms with Gasteiger partial charge in [-0.15, -0.1) is 0 Å². The zero-order chi connectivity index (χ0) is 30.9. The van der Waals surface area contributed by atoms with Crippen molar-refractivity contribution in [3.8, 4) is 23.2 Å². The third-order valence-electron chi connectivity index (χ3n) is 7.35. The van der Waals surface area contributed by atoms with Gasteiger partial charge in [-0.25, -0.2) is 19.5 Å². The van der Waals surface area contributed by atoms with E-state index in [0.717, 1.165) is 60.7 Å². The van der Waals surface area contributed by atoms with Crippen molar-refractivity contribution >= 4 is 23.1 Å². The lowest BCUT2D eigenvalue weighted by molar-refractivity contribution is 0.0854. The van der Waals surface area contributed by atoms with Crippen LogP contribution in [0.15, 0.2) is 60.2 Å². The summed E-state index contributed by atoms with van der Waals surface area (Å²) in [6.07, 6.45) is 10.8. The molecule has 1 aliphatic heterocycles. The predicted molar refractivity (Wildman–Crippen MR) is 170 cm³/mol. The van der Waals surface area contributed by atoms with Crippen LogP contribution in [0.1, 0.15) is 30.7 Å². The number of ether oxygens (including phenoxy) is 2. The molecule has 4 aromatic heterocycles. The molecule has 4 aromatic rings. The van der Waals surface area contributed by atoms with Crippen LogP contribution in [0.2, 0.25) is 0 Å². The van der Waals surface area contributed by atoms with Crippen LogP contribution in [0.4, 0.5) is 5.82 Å². The number of fused-ring (bicyclic) bond motifs is 1. The lowest BCUT2D eigenvalue weighted by Crippen LogP contribution is -2.46. The van der Waals surface area contributed by atoms with E-state index in [2.05, 4.69) is 37.0 Å². The van der Waals surface area contributed by atoms with Gasteiger partial charge in [-0.3, -0.25) is 9.89 Å². The highest BCUT2D eigenvalue weighted by molar-refractivity contribution is 6.09. The lowest BCUT2D eigenvalue weighted by Gasteiger charge is -2.35. The van der Waals surface area contributed by atoms with E-state index in [9.17, 15) is 5.26 Å². The number of hydrogen-bond acceptors (Lipinski definition) is 11. The Morgan fingerprint density at radius 1 is 1.11 bits per heavy atom. The molecule has 0 bridgehead atoms. The minimum absolute atomic E-state index is 0.149. The van der Waals surface area contributed by atoms with Crippen molar-refractivity contribution in [3.63, 3.8) is 0 Å². The third kappa shape index (κ3) is 7.37. The van der Waals surface area contributed by atoms with Crippen molar-refractivity contribution in [1.82, 2.24) is 29.5 Å². The molecule has 0 aliphatic carbocycles. The number of nitrogens with zero attached hydrogens (tertiary/aromatic N) is 9. The van der Waals surface area contributed by atoms with Crippen LogP contribution in [-0.4, -0.2) is 88.2 Å². The number of nitriles is 1. The van der Waals surface area contributed by atoms with Gasteiger partial charge in [0, 0.05) is 80.3 Å². The Kier molecular flexibility index (Phi) is 10.1. The Morgan fingerprint density at radius 3 is 2.61 bits per heavy atom. The molecule has 5 heterocycles. The van der Waals surface area contributed by atoms with Crippen molar-refractivity contribution < 1.29 is 9.47 Å². The van der Waals surface area contributed by atoms with Crippen LogP contribution in [0.25, 0.3) is 22.3 Å². The first-order chi connectivity index (χ1) is 21.5. The SMILES string of the molecule is COc1ccc(CN2CCN(c3ccc(-c4nc(C(C=NCCOC(C)C)=CN)cn5ncc(CC#N)c45)cn3)CC2)cn1. The Morgan fingerprint density at radius 2 is 1.95 bits per heavy atom. The van der Waals surface area contributed by atoms with Crippen LogP contribution in [-0.2, 0) is 17.7 Å². The van der Waals surface area contributed by atoms with Crippen LogP contribution in [0.3, 0.4) is 0 Å². The maximum atomic E-state index is 9.43. The smallest absolute Gasteiger partial charge is 0.212 e. The van der Waals surface area contributed by atoms with E-state index in [1.165, 1.54) is 6.20 Å². The molecule has 228 valence electrons. The molecule has 0 spiro atoms. The van der Waals surface area contributed by atoms with Gasteiger partial charge in [-0.05, 0) is 31.5 Å². The van der Waals surface area contributed by atoms with Gasteiger partial charge in [0.05, 0.1) is 68.2 Å². The van der Waals surface area contributed by atoms with Crippen molar-refractivity contribution in [2.45, 2.75) is 32.9 Å². The average Bonchev–Trinajstić information content (AvgIpc) is 3.46. The first-order valence-electron chi connectivity index (χ1n) is 14.7. The molecule has 0 radical (unpaired) electrons. The zero-order valence-electron chi connectivity index (χ0n) is 25.4. The van der Waals surface area contributed by atoms with Crippen LogP contribution in [0.5, 0.6) is 5.88 Å². The van der Waals surface area contributed by atoms with Gasteiger partial charge >= 0.3 is 0 Å². The number of aliphatic imine (C=N–C) groups is 1. The first-order valence-corrected chi connectivity index (χ1v) is 14.7. The summed E-state index contributed by atoms with van der Waals surface area (Å²) in [6, 6.07) is 10.2. The summed E-state index contributed by atoms with van der Waals surface area (Å²) < 4.78 is 12.5. The summed E-state index contributed by atoms with van der Waals surface area (Å²) >= 11 is 0. The van der Waals surface area contributed by atoms with E-state index in [1.807, 2.05) is 44.4 Å². The Hall–Kier alpha value is -4.86. The minimum Gasteiger partial charge on any atom is -0.481 e. The summed E-state index contributed by atoms with van der Waals surface area (Å²) in [5, 5.41) is 13.9. The van der Waals surface area contributed by atoms with E-state index in [-0.39, 0.29) is 12.5 Å². The number of methoxy groups -OCH3 is 1. The molecule has 1 saturated heterocycles. The second-order valence-electron chi connectivity index (χ2n) is 10.7. The van der Waals surface area contributed by atoms with Gasteiger partial charge in [-0.2, -0.15) is 10.4 Å². The number of aromatic nitrogens is 5. The molecular weight excluding hydrogens is 556 g/mol. The average molecular weight is 595 g/mol. The van der Waals surface area contributed by atoms with Crippen LogP contribution in [0, 0.1) is 11.3 Å². The highest BCUT2D eigenvalue weighted by Crippen LogP contribution is 2.28. The lowest BCUT2D eigenvalue weighted by atomic mass is 10.1. The number of allylic oxidation sites excluding steroid dienone is 1. The summed E-state index contributed by atoms with van der Waals surface area (Å²) in [4.78, 5) is 23.3. The quantitative estimate of drug-likeness (QED) is 0.192. The van der Waals surface area contributed by atoms with Gasteiger partial charge in [0.25, 0.3) is 0 Å². The molecule has 2 N–H and O–H groups in total. The second kappa shape index (κ2) is 14.5. The van der Waals surface area contributed by atoms with Crippen molar-refractivity contribution in [1.29, 1.82) is 5.26 Å². The Labute approximate surface area is 257 Å². The Balaban J connectivity index is 1.33. The van der Waals surface area contributed by atoms with Crippen molar-refractivity contribution in [2.24, 2.45) is 10.7 Å². The number of hydrogen-bond donors (Lipinski definition) is 1. The van der Waals surface area contributed by atoms with E-state index in [4.69, 9.17) is 25.2 Å². The fourth-order valence-electron chi connectivity index (χ4n) is 5.06. The number of nitrogens with two attached hydrogens (primary N) is 1. The van der Waals surface area contributed by atoms with Gasteiger partial charge < -0.3 is 20.1 Å². The van der Waals surface area contributed by atoms with Crippen LogP contribution < -0.4 is 15.4 Å². The number of pyridine rings is 2. The molecule has 1 aliphatic rings. The fraction of sp³-hybridized carbons (Fsp3) is 0.375. The summed E-state index contributed by atoms with van der Waals surface area (Å²) in [6.45, 7) is 9.45. The maximum Gasteiger partial charge on any atom is 0.212 e. The second-order valence-corrected chi connectivity index (χ2v) is 10.7. The molecular formula is C32H38N10O2. The van der Waals surface area contributed by atoms with E-state index in [1.54, 1.807) is 30.2 Å². The van der Waals surface area contributed by atoms with E-state index >= 15 is 0 Å². The largest absolute Gasteiger partial charge is 0.481 e. The molecule has 0 aromatic carbocycles. The molecule has 0 amide bonds. The molecule has 12 heteroatoms. The highest BCUT2D eigenvalue weighted by Gasteiger charge is 2.20. The number of anilines is 1. The number of rotatable bonds is 12. The monoisotopic (exact) mass is 594 g/mol.